The van der Waals surface area contributed by atoms with Gasteiger partial charge in [0.05, 0.1) is 23.8 Å². The second-order valence-corrected chi connectivity index (χ2v) is 8.66. The minimum atomic E-state index is -0.332. The topological polar surface area (TPSA) is 113 Å². The number of anilines is 1. The first-order valence-corrected chi connectivity index (χ1v) is 11.7. The minimum absolute atomic E-state index is 0.217. The van der Waals surface area contributed by atoms with Gasteiger partial charge in [-0.2, -0.15) is 5.26 Å². The van der Waals surface area contributed by atoms with E-state index in [9.17, 15) is 19.6 Å². The summed E-state index contributed by atoms with van der Waals surface area (Å²) in [6.07, 6.45) is 3.87. The van der Waals surface area contributed by atoms with Gasteiger partial charge < -0.3 is 9.64 Å². The monoisotopic (exact) mass is 488 g/mol. The van der Waals surface area contributed by atoms with Crippen LogP contribution in [0.3, 0.4) is 0 Å². The highest BCUT2D eigenvalue weighted by Crippen LogP contribution is 2.23. The molecule has 0 unspecified atom stereocenters. The quantitative estimate of drug-likeness (QED) is 0.343. The molecule has 1 saturated heterocycles. The van der Waals surface area contributed by atoms with Gasteiger partial charge in [-0.05, 0) is 36.8 Å². The molecule has 0 atom stereocenters. The van der Waals surface area contributed by atoms with Crippen molar-refractivity contribution in [2.45, 2.75) is 6.42 Å². The summed E-state index contributed by atoms with van der Waals surface area (Å²) in [6.45, 7) is 4.25. The van der Waals surface area contributed by atoms with E-state index in [1.54, 1.807) is 49.8 Å². The van der Waals surface area contributed by atoms with Crippen molar-refractivity contribution >= 4 is 11.6 Å². The molecule has 0 aliphatic carbocycles. The van der Waals surface area contributed by atoms with E-state index >= 15 is 0 Å². The maximum Gasteiger partial charge on any atom is 0.332 e. The van der Waals surface area contributed by atoms with Gasteiger partial charge in [0.25, 0.3) is 5.56 Å². The summed E-state index contributed by atoms with van der Waals surface area (Å²) in [5, 5.41) is 9.26. The molecule has 3 aromatic rings. The summed E-state index contributed by atoms with van der Waals surface area (Å²) < 4.78 is 8.56. The van der Waals surface area contributed by atoms with E-state index in [0.717, 1.165) is 30.6 Å². The zero-order valence-corrected chi connectivity index (χ0v) is 20.4. The van der Waals surface area contributed by atoms with Crippen LogP contribution in [-0.2, 0) is 14.1 Å². The van der Waals surface area contributed by atoms with Crippen molar-refractivity contribution in [2.75, 3.05) is 44.2 Å². The molecule has 4 rings (SSSR count). The molecule has 0 N–H and O–H groups in total. The fourth-order valence-electron chi connectivity index (χ4n) is 4.26. The molecule has 186 valence electrons. The zero-order valence-electron chi connectivity index (χ0n) is 20.4. The molecule has 1 aromatic carbocycles. The van der Waals surface area contributed by atoms with Crippen molar-refractivity contribution in [3.63, 3.8) is 0 Å². The number of carbonyl (C=O) groups is 1. The lowest BCUT2D eigenvalue weighted by atomic mass is 10.0. The SMILES string of the molecule is Cn1c(N2CCN(CCCOc3ccc(C#N)cc3C(=O)c3ccncc3)CC2)cc(=O)n(C)c1=O. The first-order chi connectivity index (χ1) is 17.4. The van der Waals surface area contributed by atoms with Crippen LogP contribution in [0.15, 0.2) is 58.4 Å². The molecule has 1 fully saturated rings. The third-order valence-electron chi connectivity index (χ3n) is 6.37. The smallest absolute Gasteiger partial charge is 0.332 e. The number of ketones is 1. The lowest BCUT2D eigenvalue weighted by Crippen LogP contribution is -2.49. The van der Waals surface area contributed by atoms with Crippen LogP contribution in [0.5, 0.6) is 5.75 Å². The van der Waals surface area contributed by atoms with E-state index in [0.29, 0.717) is 48.0 Å². The Morgan fingerprint density at radius 2 is 1.75 bits per heavy atom. The summed E-state index contributed by atoms with van der Waals surface area (Å²) in [5.74, 6) is 0.872. The highest BCUT2D eigenvalue weighted by atomic mass is 16.5. The number of hydrogen-bond acceptors (Lipinski definition) is 8. The average molecular weight is 489 g/mol. The predicted octanol–water partition coefficient (Wildman–Crippen LogP) is 1.17. The number of rotatable bonds is 8. The van der Waals surface area contributed by atoms with Gasteiger partial charge in [-0.15, -0.1) is 0 Å². The Morgan fingerprint density at radius 3 is 2.44 bits per heavy atom. The van der Waals surface area contributed by atoms with Gasteiger partial charge in [0.1, 0.15) is 11.6 Å². The lowest BCUT2D eigenvalue weighted by Gasteiger charge is -2.36. The Hall–Kier alpha value is -4.23. The fraction of sp³-hybridized carbons (Fsp3) is 0.346. The molecule has 0 bridgehead atoms. The maximum atomic E-state index is 13.0. The van der Waals surface area contributed by atoms with E-state index < -0.39 is 0 Å². The molecule has 0 radical (unpaired) electrons. The summed E-state index contributed by atoms with van der Waals surface area (Å²) in [4.78, 5) is 45.6. The number of nitrogens with zero attached hydrogens (tertiary/aromatic N) is 6. The van der Waals surface area contributed by atoms with Crippen LogP contribution in [0.4, 0.5) is 5.82 Å². The Bertz CT molecular complexity index is 1400. The first kappa shape index (κ1) is 24.9. The zero-order chi connectivity index (χ0) is 25.7. The highest BCUT2D eigenvalue weighted by Gasteiger charge is 2.20. The van der Waals surface area contributed by atoms with Crippen molar-refractivity contribution in [2.24, 2.45) is 14.1 Å². The third-order valence-corrected chi connectivity index (χ3v) is 6.37. The molecule has 1 aliphatic heterocycles. The Labute approximate surface area is 208 Å². The van der Waals surface area contributed by atoms with Crippen molar-refractivity contribution in [3.8, 4) is 11.8 Å². The predicted molar refractivity (Wildman–Crippen MR) is 135 cm³/mol. The Balaban J connectivity index is 1.32. The van der Waals surface area contributed by atoms with Gasteiger partial charge in [-0.25, -0.2) is 4.79 Å². The average Bonchev–Trinajstić information content (AvgIpc) is 2.92. The largest absolute Gasteiger partial charge is 0.493 e. The number of nitriles is 1. The third kappa shape index (κ3) is 5.37. The molecule has 10 nitrogen and oxygen atoms in total. The van der Waals surface area contributed by atoms with Gasteiger partial charge in [-0.1, -0.05) is 0 Å². The number of aromatic nitrogens is 3. The van der Waals surface area contributed by atoms with Crippen LogP contribution < -0.4 is 20.9 Å². The second-order valence-electron chi connectivity index (χ2n) is 8.66. The van der Waals surface area contributed by atoms with Crippen LogP contribution in [0.25, 0.3) is 0 Å². The maximum absolute atomic E-state index is 13.0. The number of benzene rings is 1. The molecule has 0 saturated carbocycles. The first-order valence-electron chi connectivity index (χ1n) is 11.7. The highest BCUT2D eigenvalue weighted by molar-refractivity contribution is 6.10. The molecule has 0 spiro atoms. The molecule has 3 heterocycles. The number of hydrogen-bond donors (Lipinski definition) is 0. The van der Waals surface area contributed by atoms with Gasteiger partial charge in [-0.3, -0.25) is 28.6 Å². The van der Waals surface area contributed by atoms with Gasteiger partial charge in [0.15, 0.2) is 5.78 Å². The normalized spacial score (nSPS) is 13.9. The van der Waals surface area contributed by atoms with E-state index in [-0.39, 0.29) is 17.0 Å². The molecule has 10 heteroatoms. The summed E-state index contributed by atoms with van der Waals surface area (Å²) in [6, 6.07) is 11.7. The Kier molecular flexibility index (Phi) is 7.61. The van der Waals surface area contributed by atoms with Crippen LogP contribution in [0.1, 0.15) is 27.9 Å². The summed E-state index contributed by atoms with van der Waals surface area (Å²) in [5.41, 5.74) is 0.593. The van der Waals surface area contributed by atoms with Crippen molar-refractivity contribution < 1.29 is 9.53 Å². The number of ether oxygens (including phenoxy) is 1. The van der Waals surface area contributed by atoms with Crippen molar-refractivity contribution in [3.05, 3.63) is 86.3 Å². The summed E-state index contributed by atoms with van der Waals surface area (Å²) >= 11 is 0. The van der Waals surface area contributed by atoms with E-state index in [2.05, 4.69) is 20.9 Å². The van der Waals surface area contributed by atoms with E-state index in [1.807, 2.05) is 0 Å². The second kappa shape index (κ2) is 11.0. The number of piperazine rings is 1. The van der Waals surface area contributed by atoms with Gasteiger partial charge in [0, 0.05) is 70.8 Å². The van der Waals surface area contributed by atoms with Gasteiger partial charge >= 0.3 is 5.69 Å². The van der Waals surface area contributed by atoms with Gasteiger partial charge in [0.2, 0.25) is 0 Å². The molecule has 0 amide bonds. The molecule has 2 aromatic heterocycles. The van der Waals surface area contributed by atoms with E-state index in [1.165, 1.54) is 17.7 Å². The van der Waals surface area contributed by atoms with Crippen molar-refractivity contribution in [1.29, 1.82) is 5.26 Å². The minimum Gasteiger partial charge on any atom is -0.493 e. The van der Waals surface area contributed by atoms with Crippen LogP contribution in [0.2, 0.25) is 0 Å². The molecule has 1 aliphatic rings. The molecular weight excluding hydrogens is 460 g/mol. The number of pyridine rings is 1. The van der Waals surface area contributed by atoms with E-state index in [4.69, 9.17) is 4.74 Å². The Morgan fingerprint density at radius 1 is 1.03 bits per heavy atom. The van der Waals surface area contributed by atoms with Crippen LogP contribution >= 0.6 is 0 Å². The van der Waals surface area contributed by atoms with Crippen LogP contribution in [-0.4, -0.2) is 64.1 Å². The van der Waals surface area contributed by atoms with Crippen molar-refractivity contribution in [1.82, 2.24) is 19.0 Å². The molecular formula is C26H28N6O4. The standard InChI is InChI=1S/C26H28N6O4/c1-29-23(17-24(33)30(2)26(29)35)32-13-11-31(12-14-32)10-3-15-36-22-5-4-19(18-27)16-21(22)25(34)20-6-8-28-9-7-20/h4-9,16-17H,3,10-15H2,1-2H3. The summed E-state index contributed by atoms with van der Waals surface area (Å²) in [7, 11) is 3.15. The van der Waals surface area contributed by atoms with Crippen LogP contribution in [0, 0.1) is 11.3 Å². The fourth-order valence-corrected chi connectivity index (χ4v) is 4.26. The lowest BCUT2D eigenvalue weighted by molar-refractivity contribution is 0.103. The molecule has 36 heavy (non-hydrogen) atoms. The number of carbonyl (C=O) groups excluding carboxylic acids is 1.